The van der Waals surface area contributed by atoms with Crippen molar-refractivity contribution in [3.8, 4) is 11.8 Å². The molecule has 1 amide bonds. The van der Waals surface area contributed by atoms with Gasteiger partial charge in [-0.15, -0.1) is 0 Å². The number of carbonyl (C=O) groups excluding carboxylic acids is 1. The molecule has 20 heavy (non-hydrogen) atoms. The second-order valence-corrected chi connectivity index (χ2v) is 4.68. The summed E-state index contributed by atoms with van der Waals surface area (Å²) in [6.07, 6.45) is 2.14. The van der Waals surface area contributed by atoms with E-state index in [0.717, 1.165) is 12.8 Å². The van der Waals surface area contributed by atoms with Crippen LogP contribution in [0, 0.1) is 23.6 Å². The molecule has 0 heterocycles. The number of hydrogen-bond donors (Lipinski definition) is 1. The Morgan fingerprint density at radius 1 is 1.50 bits per heavy atom. The summed E-state index contributed by atoms with van der Waals surface area (Å²) in [4.78, 5) is 17.1. The van der Waals surface area contributed by atoms with Gasteiger partial charge in [0, 0.05) is 25.6 Å². The normalized spacial score (nSPS) is 14.4. The predicted octanol–water partition coefficient (Wildman–Crippen LogP) is 1.60. The molecule has 0 unspecified atom stereocenters. The van der Waals surface area contributed by atoms with Crippen molar-refractivity contribution < 1.29 is 9.18 Å². The standard InChI is InChI=1S/C15H16FN3O/c1-18-15(17)19(2)14(20)12-7-8-13(16)11(9-12)6-5-10-3-4-10/h7-10H,3-4H2,1-2H3,(H2,17,18). The molecule has 1 saturated carbocycles. The fourth-order valence-corrected chi connectivity index (χ4v) is 1.61. The summed E-state index contributed by atoms with van der Waals surface area (Å²) < 4.78 is 13.7. The molecule has 0 saturated heterocycles. The lowest BCUT2D eigenvalue weighted by Crippen LogP contribution is -2.38. The van der Waals surface area contributed by atoms with Gasteiger partial charge in [-0.25, -0.2) is 4.39 Å². The predicted molar refractivity (Wildman–Crippen MR) is 75.6 cm³/mol. The fourth-order valence-electron chi connectivity index (χ4n) is 1.61. The van der Waals surface area contributed by atoms with Gasteiger partial charge in [-0.2, -0.15) is 0 Å². The number of amides is 1. The molecule has 1 aromatic carbocycles. The lowest BCUT2D eigenvalue weighted by molar-refractivity contribution is 0.0869. The Kier molecular flexibility index (Phi) is 4.04. The zero-order valence-electron chi connectivity index (χ0n) is 11.5. The molecule has 4 nitrogen and oxygen atoms in total. The molecule has 5 heteroatoms. The van der Waals surface area contributed by atoms with E-state index in [1.165, 1.54) is 37.2 Å². The van der Waals surface area contributed by atoms with Gasteiger partial charge in [-0.3, -0.25) is 14.7 Å². The molecule has 0 spiro atoms. The molecule has 1 fully saturated rings. The molecule has 0 aromatic heterocycles. The Hall–Kier alpha value is -2.35. The van der Waals surface area contributed by atoms with Crippen LogP contribution in [0.2, 0.25) is 0 Å². The van der Waals surface area contributed by atoms with Gasteiger partial charge in [-0.05, 0) is 31.0 Å². The van der Waals surface area contributed by atoms with Crippen LogP contribution < -0.4 is 5.73 Å². The topological polar surface area (TPSA) is 58.7 Å². The zero-order chi connectivity index (χ0) is 14.7. The van der Waals surface area contributed by atoms with E-state index in [2.05, 4.69) is 16.8 Å². The first-order chi connectivity index (χ1) is 9.52. The Bertz CT molecular complexity index is 624. The van der Waals surface area contributed by atoms with E-state index in [4.69, 9.17) is 5.73 Å². The molecule has 0 bridgehead atoms. The van der Waals surface area contributed by atoms with Crippen molar-refractivity contribution in [1.82, 2.24) is 4.90 Å². The lowest BCUT2D eigenvalue weighted by atomic mass is 10.1. The van der Waals surface area contributed by atoms with Gasteiger partial charge in [0.25, 0.3) is 5.91 Å². The van der Waals surface area contributed by atoms with Crippen LogP contribution in [0.5, 0.6) is 0 Å². The van der Waals surface area contributed by atoms with E-state index in [0.29, 0.717) is 11.5 Å². The van der Waals surface area contributed by atoms with Crippen molar-refractivity contribution in [2.45, 2.75) is 12.8 Å². The average molecular weight is 273 g/mol. The molecular weight excluding hydrogens is 257 g/mol. The molecule has 0 radical (unpaired) electrons. The van der Waals surface area contributed by atoms with Crippen molar-refractivity contribution in [3.05, 3.63) is 35.1 Å². The summed E-state index contributed by atoms with van der Waals surface area (Å²) in [5, 5.41) is 0. The van der Waals surface area contributed by atoms with Crippen molar-refractivity contribution in [2.75, 3.05) is 14.1 Å². The summed E-state index contributed by atoms with van der Waals surface area (Å²) >= 11 is 0. The Morgan fingerprint density at radius 3 is 2.80 bits per heavy atom. The van der Waals surface area contributed by atoms with Crippen LogP contribution in [-0.2, 0) is 0 Å². The van der Waals surface area contributed by atoms with E-state index in [9.17, 15) is 9.18 Å². The third-order valence-electron chi connectivity index (χ3n) is 3.08. The summed E-state index contributed by atoms with van der Waals surface area (Å²) in [7, 11) is 3.01. The number of carbonyl (C=O) groups is 1. The number of hydrogen-bond acceptors (Lipinski definition) is 2. The molecular formula is C15H16FN3O. The molecule has 0 aliphatic heterocycles. The monoisotopic (exact) mass is 273 g/mol. The number of aliphatic imine (C=N–C) groups is 1. The van der Waals surface area contributed by atoms with E-state index >= 15 is 0 Å². The molecule has 1 aliphatic rings. The van der Waals surface area contributed by atoms with Gasteiger partial charge in [0.05, 0.1) is 5.56 Å². The largest absolute Gasteiger partial charge is 0.369 e. The third kappa shape index (κ3) is 3.15. The van der Waals surface area contributed by atoms with Gasteiger partial charge in [0.1, 0.15) is 5.82 Å². The summed E-state index contributed by atoms with van der Waals surface area (Å²) in [6, 6.07) is 4.11. The maximum atomic E-state index is 13.7. The first kappa shape index (κ1) is 14.1. The highest BCUT2D eigenvalue weighted by Crippen LogP contribution is 2.27. The third-order valence-corrected chi connectivity index (χ3v) is 3.08. The number of rotatable bonds is 1. The van der Waals surface area contributed by atoms with Crippen molar-refractivity contribution >= 4 is 11.9 Å². The second kappa shape index (κ2) is 5.74. The Morgan fingerprint density at radius 2 is 2.20 bits per heavy atom. The minimum absolute atomic E-state index is 0.102. The van der Waals surface area contributed by atoms with Gasteiger partial charge >= 0.3 is 0 Å². The zero-order valence-corrected chi connectivity index (χ0v) is 11.5. The molecule has 104 valence electrons. The number of halogens is 1. The second-order valence-electron chi connectivity index (χ2n) is 4.68. The van der Waals surface area contributed by atoms with Crippen LogP contribution in [0.15, 0.2) is 23.2 Å². The van der Waals surface area contributed by atoms with E-state index in [1.54, 1.807) is 0 Å². The maximum Gasteiger partial charge on any atom is 0.260 e. The molecule has 1 aliphatic carbocycles. The molecule has 0 atom stereocenters. The Balaban J connectivity index is 2.27. The van der Waals surface area contributed by atoms with E-state index in [-0.39, 0.29) is 17.4 Å². The van der Waals surface area contributed by atoms with Crippen molar-refractivity contribution in [2.24, 2.45) is 16.6 Å². The lowest BCUT2D eigenvalue weighted by Gasteiger charge is -2.15. The SMILES string of the molecule is CN=C(N)N(C)C(=O)c1ccc(F)c(C#CC2CC2)c1. The number of guanidine groups is 1. The van der Waals surface area contributed by atoms with Crippen LogP contribution in [0.3, 0.4) is 0 Å². The maximum absolute atomic E-state index is 13.7. The van der Waals surface area contributed by atoms with E-state index in [1.807, 2.05) is 0 Å². The smallest absolute Gasteiger partial charge is 0.260 e. The van der Waals surface area contributed by atoms with E-state index < -0.39 is 5.82 Å². The highest BCUT2D eigenvalue weighted by Gasteiger charge is 2.19. The van der Waals surface area contributed by atoms with Crippen LogP contribution in [0.25, 0.3) is 0 Å². The first-order valence-electron chi connectivity index (χ1n) is 6.34. The summed E-state index contributed by atoms with van der Waals surface area (Å²) in [5.41, 5.74) is 6.16. The minimum Gasteiger partial charge on any atom is -0.369 e. The fraction of sp³-hybridized carbons (Fsp3) is 0.333. The summed E-state index contributed by atoms with van der Waals surface area (Å²) in [5.74, 6) is 5.48. The molecule has 1 aromatic rings. The van der Waals surface area contributed by atoms with Gasteiger partial charge in [0.2, 0.25) is 0 Å². The first-order valence-corrected chi connectivity index (χ1v) is 6.34. The van der Waals surface area contributed by atoms with Crippen LogP contribution in [0.1, 0.15) is 28.8 Å². The Labute approximate surface area is 117 Å². The highest BCUT2D eigenvalue weighted by atomic mass is 19.1. The molecule has 2 N–H and O–H groups in total. The number of nitrogens with two attached hydrogens (primary N) is 1. The highest BCUT2D eigenvalue weighted by molar-refractivity contribution is 6.05. The molecule has 2 rings (SSSR count). The quantitative estimate of drug-likeness (QED) is 0.480. The van der Waals surface area contributed by atoms with Gasteiger partial charge in [0.15, 0.2) is 5.96 Å². The van der Waals surface area contributed by atoms with Crippen LogP contribution in [0.4, 0.5) is 4.39 Å². The van der Waals surface area contributed by atoms with Gasteiger partial charge < -0.3 is 5.73 Å². The minimum atomic E-state index is -0.422. The van der Waals surface area contributed by atoms with Crippen LogP contribution >= 0.6 is 0 Å². The van der Waals surface area contributed by atoms with Gasteiger partial charge in [-0.1, -0.05) is 11.8 Å². The van der Waals surface area contributed by atoms with Crippen molar-refractivity contribution in [1.29, 1.82) is 0 Å². The summed E-state index contributed by atoms with van der Waals surface area (Å²) in [6.45, 7) is 0. The number of benzene rings is 1. The average Bonchev–Trinajstić information content (AvgIpc) is 3.28. The number of nitrogens with zero attached hydrogens (tertiary/aromatic N) is 2. The van der Waals surface area contributed by atoms with Crippen molar-refractivity contribution in [3.63, 3.8) is 0 Å². The van der Waals surface area contributed by atoms with Crippen LogP contribution in [-0.4, -0.2) is 30.9 Å².